The highest BCUT2D eigenvalue weighted by Gasteiger charge is 2.25. The normalized spacial score (nSPS) is 17.8. The third-order valence-electron chi connectivity index (χ3n) is 2.69. The quantitative estimate of drug-likeness (QED) is 0.813. The summed E-state index contributed by atoms with van der Waals surface area (Å²) in [5.41, 5.74) is 1.33. The fraction of sp³-hybridized carbons (Fsp3) is 0.455. The number of likely N-dealkylation sites (tertiary alicyclic amines) is 1. The molecule has 82 valence electrons. The van der Waals surface area contributed by atoms with E-state index in [9.17, 15) is 0 Å². The van der Waals surface area contributed by atoms with Crippen LogP contribution < -0.4 is 0 Å². The second-order valence-electron chi connectivity index (χ2n) is 3.98. The van der Waals surface area contributed by atoms with Crippen LogP contribution in [0.2, 0.25) is 0 Å². The number of aliphatic hydroxyl groups is 1. The van der Waals surface area contributed by atoms with Gasteiger partial charge < -0.3 is 5.11 Å². The number of halogens is 2. The van der Waals surface area contributed by atoms with Crippen molar-refractivity contribution in [2.45, 2.75) is 6.54 Å². The summed E-state index contributed by atoms with van der Waals surface area (Å²) in [4.78, 5) is 2.36. The molecule has 1 saturated heterocycles. The maximum atomic E-state index is 8.93. The lowest BCUT2D eigenvalue weighted by Gasteiger charge is -2.38. The van der Waals surface area contributed by atoms with E-state index < -0.39 is 0 Å². The van der Waals surface area contributed by atoms with E-state index in [2.05, 4.69) is 61.6 Å². The van der Waals surface area contributed by atoms with Gasteiger partial charge in [0.25, 0.3) is 0 Å². The van der Waals surface area contributed by atoms with Crippen molar-refractivity contribution in [3.63, 3.8) is 0 Å². The number of rotatable bonds is 3. The Bertz CT molecular complexity index is 352. The van der Waals surface area contributed by atoms with Gasteiger partial charge in [-0.05, 0) is 46.4 Å². The highest BCUT2D eigenvalue weighted by Crippen LogP contribution is 2.24. The molecule has 1 fully saturated rings. The first kappa shape index (κ1) is 11.8. The molecule has 1 heterocycles. The van der Waals surface area contributed by atoms with Gasteiger partial charge in [0.05, 0.1) is 0 Å². The summed E-state index contributed by atoms with van der Waals surface area (Å²) in [5.74, 6) is 0.492. The van der Waals surface area contributed by atoms with Crippen LogP contribution in [0, 0.1) is 9.49 Å². The smallest absolute Gasteiger partial charge is 0.0483 e. The zero-order valence-electron chi connectivity index (χ0n) is 8.29. The Morgan fingerprint density at radius 2 is 2.20 bits per heavy atom. The summed E-state index contributed by atoms with van der Waals surface area (Å²) in [5, 5.41) is 8.93. The Morgan fingerprint density at radius 1 is 1.47 bits per heavy atom. The molecule has 4 heteroatoms. The molecule has 2 nitrogen and oxygen atoms in total. The van der Waals surface area contributed by atoms with Crippen molar-refractivity contribution < 1.29 is 5.11 Å². The van der Waals surface area contributed by atoms with Crippen LogP contribution in [0.15, 0.2) is 22.7 Å². The molecule has 15 heavy (non-hydrogen) atoms. The van der Waals surface area contributed by atoms with Gasteiger partial charge in [0.15, 0.2) is 0 Å². The zero-order valence-corrected chi connectivity index (χ0v) is 12.0. The van der Waals surface area contributed by atoms with Gasteiger partial charge in [-0.1, -0.05) is 15.9 Å². The van der Waals surface area contributed by atoms with Gasteiger partial charge in [-0.15, -0.1) is 0 Å². The minimum Gasteiger partial charge on any atom is -0.396 e. The van der Waals surface area contributed by atoms with Gasteiger partial charge in [-0.25, -0.2) is 0 Å². The third kappa shape index (κ3) is 2.93. The number of benzene rings is 1. The van der Waals surface area contributed by atoms with E-state index in [0.29, 0.717) is 12.5 Å². The largest absolute Gasteiger partial charge is 0.396 e. The number of hydrogen-bond donors (Lipinski definition) is 1. The van der Waals surface area contributed by atoms with Crippen molar-refractivity contribution >= 4 is 38.5 Å². The fourth-order valence-electron chi connectivity index (χ4n) is 1.83. The van der Waals surface area contributed by atoms with Gasteiger partial charge in [-0.2, -0.15) is 0 Å². The lowest BCUT2D eigenvalue weighted by Crippen LogP contribution is -2.47. The molecule has 2 rings (SSSR count). The second-order valence-corrected chi connectivity index (χ2v) is 6.08. The summed E-state index contributed by atoms with van der Waals surface area (Å²) in [6, 6.07) is 6.40. The van der Waals surface area contributed by atoms with E-state index in [1.165, 1.54) is 13.6 Å². The molecule has 1 aliphatic rings. The van der Waals surface area contributed by atoms with Crippen LogP contribution in [0.3, 0.4) is 0 Å². The first-order chi connectivity index (χ1) is 7.19. The molecule has 0 aromatic heterocycles. The van der Waals surface area contributed by atoms with E-state index in [-0.39, 0.29) is 0 Å². The number of nitrogens with zero attached hydrogens (tertiary/aromatic N) is 1. The Balaban J connectivity index is 1.97. The molecule has 1 aromatic rings. The first-order valence-corrected chi connectivity index (χ1v) is 6.83. The molecule has 0 aliphatic carbocycles. The monoisotopic (exact) mass is 381 g/mol. The van der Waals surface area contributed by atoms with E-state index >= 15 is 0 Å². The van der Waals surface area contributed by atoms with Gasteiger partial charge >= 0.3 is 0 Å². The molecular formula is C11H13BrINO. The van der Waals surface area contributed by atoms with Crippen molar-refractivity contribution in [2.75, 3.05) is 19.7 Å². The molecule has 0 radical (unpaired) electrons. The van der Waals surface area contributed by atoms with Crippen LogP contribution in [0.5, 0.6) is 0 Å². The Morgan fingerprint density at radius 3 is 2.87 bits per heavy atom. The molecule has 0 unspecified atom stereocenters. The molecule has 0 spiro atoms. The Hall–Kier alpha value is 0.350. The zero-order chi connectivity index (χ0) is 10.8. The summed E-state index contributed by atoms with van der Waals surface area (Å²) >= 11 is 5.90. The predicted octanol–water partition coefficient (Wildman–Crippen LogP) is 2.48. The summed E-state index contributed by atoms with van der Waals surface area (Å²) in [7, 11) is 0. The molecule has 0 amide bonds. The standard InChI is InChI=1S/C11H13BrINO/c12-11-2-1-10(13)3-9(11)6-14-4-8(5-14)7-15/h1-3,8,15H,4-7H2. The fourth-order valence-corrected chi connectivity index (χ4v) is 2.75. The van der Waals surface area contributed by atoms with E-state index in [1.807, 2.05) is 0 Å². The molecule has 1 aliphatic heterocycles. The molecule has 1 N–H and O–H groups in total. The van der Waals surface area contributed by atoms with Crippen molar-refractivity contribution in [1.29, 1.82) is 0 Å². The molecule has 0 bridgehead atoms. The minimum atomic E-state index is 0.323. The van der Waals surface area contributed by atoms with Crippen LogP contribution in [0.25, 0.3) is 0 Å². The number of hydrogen-bond acceptors (Lipinski definition) is 2. The number of aliphatic hydroxyl groups excluding tert-OH is 1. The van der Waals surface area contributed by atoms with Crippen LogP contribution in [-0.2, 0) is 6.54 Å². The SMILES string of the molecule is OCC1CN(Cc2cc(I)ccc2Br)C1. The predicted molar refractivity (Wildman–Crippen MR) is 72.7 cm³/mol. The molecule has 1 aromatic carbocycles. The molecule has 0 atom stereocenters. The topological polar surface area (TPSA) is 23.5 Å². The van der Waals surface area contributed by atoms with Gasteiger partial charge in [0.2, 0.25) is 0 Å². The minimum absolute atomic E-state index is 0.323. The van der Waals surface area contributed by atoms with Crippen LogP contribution >= 0.6 is 38.5 Å². The van der Waals surface area contributed by atoms with Crippen molar-refractivity contribution in [3.05, 3.63) is 31.8 Å². The van der Waals surface area contributed by atoms with Gasteiger partial charge in [-0.3, -0.25) is 4.90 Å². The van der Waals surface area contributed by atoms with Gasteiger partial charge in [0.1, 0.15) is 0 Å². The highest BCUT2D eigenvalue weighted by molar-refractivity contribution is 14.1. The lowest BCUT2D eigenvalue weighted by molar-refractivity contribution is 0.0477. The van der Waals surface area contributed by atoms with Crippen molar-refractivity contribution in [1.82, 2.24) is 4.90 Å². The summed E-state index contributed by atoms with van der Waals surface area (Å²) < 4.78 is 2.44. The van der Waals surface area contributed by atoms with Crippen molar-refractivity contribution in [2.24, 2.45) is 5.92 Å². The van der Waals surface area contributed by atoms with E-state index in [0.717, 1.165) is 19.6 Å². The Kier molecular flexibility index (Phi) is 4.04. The van der Waals surface area contributed by atoms with Crippen LogP contribution in [0.4, 0.5) is 0 Å². The maximum absolute atomic E-state index is 8.93. The summed E-state index contributed by atoms with van der Waals surface area (Å²) in [6.45, 7) is 3.35. The molecule has 0 saturated carbocycles. The van der Waals surface area contributed by atoms with Gasteiger partial charge in [0, 0.05) is 40.2 Å². The Labute approximate surface area is 112 Å². The average Bonchev–Trinajstić information content (AvgIpc) is 2.16. The highest BCUT2D eigenvalue weighted by atomic mass is 127. The third-order valence-corrected chi connectivity index (χ3v) is 4.14. The maximum Gasteiger partial charge on any atom is 0.0483 e. The summed E-state index contributed by atoms with van der Waals surface area (Å²) in [6.07, 6.45) is 0. The van der Waals surface area contributed by atoms with Crippen LogP contribution in [-0.4, -0.2) is 29.7 Å². The average molecular weight is 382 g/mol. The van der Waals surface area contributed by atoms with Crippen LogP contribution in [0.1, 0.15) is 5.56 Å². The first-order valence-electron chi connectivity index (χ1n) is 4.96. The molecular weight excluding hydrogens is 369 g/mol. The lowest BCUT2D eigenvalue weighted by atomic mass is 10.0. The van der Waals surface area contributed by atoms with E-state index in [1.54, 1.807) is 0 Å². The second kappa shape index (κ2) is 5.12. The van der Waals surface area contributed by atoms with Crippen molar-refractivity contribution in [3.8, 4) is 0 Å². The van der Waals surface area contributed by atoms with E-state index in [4.69, 9.17) is 5.11 Å².